The van der Waals surface area contributed by atoms with E-state index in [-0.39, 0.29) is 4.92 Å². The van der Waals surface area contributed by atoms with Gasteiger partial charge in [-0.25, -0.2) is 0 Å². The second-order valence-electron chi connectivity index (χ2n) is 5.00. The van der Waals surface area contributed by atoms with E-state index >= 15 is 0 Å². The zero-order chi connectivity index (χ0) is 14.2. The molecular formula is C16H13NO3. The highest BCUT2D eigenvalue weighted by atomic mass is 16.6. The van der Waals surface area contributed by atoms with Crippen molar-refractivity contribution in [3.05, 3.63) is 81.9 Å². The Labute approximate surface area is 116 Å². The number of nitro groups is 1. The molecule has 0 unspecified atom stereocenters. The van der Waals surface area contributed by atoms with Gasteiger partial charge < -0.3 is 4.79 Å². The zero-order valence-electron chi connectivity index (χ0n) is 10.7. The molecule has 20 heavy (non-hydrogen) atoms. The van der Waals surface area contributed by atoms with Gasteiger partial charge in [-0.05, 0) is 5.56 Å². The number of aldehydes is 1. The van der Waals surface area contributed by atoms with Crippen molar-refractivity contribution in [2.24, 2.45) is 5.92 Å². The molecule has 0 radical (unpaired) electrons. The molecule has 2 aromatic rings. The smallest absolute Gasteiger partial charge is 0.265 e. The molecule has 0 heterocycles. The highest BCUT2D eigenvalue weighted by molar-refractivity contribution is 5.68. The van der Waals surface area contributed by atoms with Crippen molar-refractivity contribution in [2.45, 2.75) is 11.5 Å². The van der Waals surface area contributed by atoms with E-state index in [1.807, 2.05) is 36.4 Å². The maximum absolute atomic E-state index is 11.7. The van der Waals surface area contributed by atoms with E-state index in [1.54, 1.807) is 24.3 Å². The summed E-state index contributed by atoms with van der Waals surface area (Å²) >= 11 is 0. The van der Waals surface area contributed by atoms with Crippen molar-refractivity contribution in [1.29, 1.82) is 0 Å². The fourth-order valence-corrected chi connectivity index (χ4v) is 3.12. The van der Waals surface area contributed by atoms with Crippen LogP contribution in [0.4, 0.5) is 0 Å². The summed E-state index contributed by atoms with van der Waals surface area (Å²) in [5, 5.41) is 11.7. The second-order valence-corrected chi connectivity index (χ2v) is 5.00. The minimum Gasteiger partial charge on any atom is -0.303 e. The summed E-state index contributed by atoms with van der Waals surface area (Å²) in [6.45, 7) is 0. The number of rotatable bonds is 4. The van der Waals surface area contributed by atoms with Crippen LogP contribution in [-0.2, 0) is 10.3 Å². The van der Waals surface area contributed by atoms with E-state index in [2.05, 4.69) is 0 Å². The number of benzene rings is 2. The lowest BCUT2D eigenvalue weighted by molar-refractivity contribution is -0.550. The maximum Gasteiger partial charge on any atom is 0.265 e. The van der Waals surface area contributed by atoms with Crippen molar-refractivity contribution in [1.82, 2.24) is 0 Å². The first-order valence-corrected chi connectivity index (χ1v) is 6.43. The summed E-state index contributed by atoms with van der Waals surface area (Å²) in [4.78, 5) is 22.7. The van der Waals surface area contributed by atoms with Crippen LogP contribution >= 0.6 is 0 Å². The number of carbonyl (C=O) groups excluding carboxylic acids is 1. The van der Waals surface area contributed by atoms with E-state index in [1.165, 1.54) is 0 Å². The lowest BCUT2D eigenvalue weighted by Gasteiger charge is -2.10. The van der Waals surface area contributed by atoms with E-state index in [0.717, 1.165) is 5.56 Å². The normalized spacial score (nSPS) is 27.8. The molecule has 0 N–H and O–H groups in total. The van der Waals surface area contributed by atoms with Crippen molar-refractivity contribution in [2.75, 3.05) is 0 Å². The average Bonchev–Trinajstić information content (AvgIpc) is 3.19. The highest BCUT2D eigenvalue weighted by Gasteiger charge is 2.77. The Bertz CT molecular complexity index is 641. The summed E-state index contributed by atoms with van der Waals surface area (Å²) < 4.78 is 0. The lowest BCUT2D eigenvalue weighted by atomic mass is 9.99. The van der Waals surface area contributed by atoms with Crippen LogP contribution in [0, 0.1) is 16.0 Å². The van der Waals surface area contributed by atoms with Crippen LogP contribution in [0.3, 0.4) is 0 Å². The number of hydrogen-bond donors (Lipinski definition) is 0. The molecule has 0 amide bonds. The molecule has 3 atom stereocenters. The van der Waals surface area contributed by atoms with Crippen molar-refractivity contribution >= 4 is 6.29 Å². The fourth-order valence-electron chi connectivity index (χ4n) is 3.12. The van der Waals surface area contributed by atoms with Crippen molar-refractivity contribution in [3.63, 3.8) is 0 Å². The lowest BCUT2D eigenvalue weighted by Crippen LogP contribution is -2.23. The Morgan fingerprint density at radius 1 is 1.00 bits per heavy atom. The Morgan fingerprint density at radius 2 is 1.55 bits per heavy atom. The highest BCUT2D eigenvalue weighted by Crippen LogP contribution is 2.64. The van der Waals surface area contributed by atoms with Crippen LogP contribution in [0.5, 0.6) is 0 Å². The van der Waals surface area contributed by atoms with Gasteiger partial charge in [-0.15, -0.1) is 0 Å². The van der Waals surface area contributed by atoms with Crippen molar-refractivity contribution in [3.8, 4) is 0 Å². The minimum atomic E-state index is -1.32. The molecule has 0 saturated heterocycles. The first-order chi connectivity index (χ1) is 9.72. The summed E-state index contributed by atoms with van der Waals surface area (Å²) in [7, 11) is 0. The van der Waals surface area contributed by atoms with E-state index in [4.69, 9.17) is 0 Å². The largest absolute Gasteiger partial charge is 0.303 e. The molecule has 1 aliphatic rings. The molecule has 1 fully saturated rings. The third kappa shape index (κ3) is 1.58. The minimum absolute atomic E-state index is 0.306. The Balaban J connectivity index is 2.13. The molecule has 4 nitrogen and oxygen atoms in total. The topological polar surface area (TPSA) is 60.2 Å². The Morgan fingerprint density at radius 3 is 2.05 bits per heavy atom. The summed E-state index contributed by atoms with van der Waals surface area (Å²) in [5.41, 5.74) is 0.116. The molecule has 2 aromatic carbocycles. The number of nitrogens with zero attached hydrogens (tertiary/aromatic N) is 1. The van der Waals surface area contributed by atoms with Gasteiger partial charge in [-0.3, -0.25) is 10.1 Å². The monoisotopic (exact) mass is 267 g/mol. The SMILES string of the molecule is O=C[C@H]1[C@@H](c2ccccc2)[C@]1(c1ccccc1)[N+](=O)[O-]. The quantitative estimate of drug-likeness (QED) is 0.486. The number of carbonyl (C=O) groups is 1. The standard InChI is InChI=1S/C16H13NO3/c18-11-14-15(12-7-3-1-4-8-12)16(14,17(19)20)13-9-5-2-6-10-13/h1-11,14-15H/t14-,15+,16+/m0/s1. The van der Waals surface area contributed by atoms with Gasteiger partial charge >= 0.3 is 0 Å². The van der Waals surface area contributed by atoms with Gasteiger partial charge in [0.05, 0.1) is 5.92 Å². The van der Waals surface area contributed by atoms with Crippen LogP contribution in [-0.4, -0.2) is 11.2 Å². The van der Waals surface area contributed by atoms with Gasteiger partial charge in [-0.1, -0.05) is 60.7 Å². The predicted molar refractivity (Wildman–Crippen MR) is 73.9 cm³/mol. The summed E-state index contributed by atoms with van der Waals surface area (Å²) in [6, 6.07) is 18.0. The molecule has 0 spiro atoms. The third-order valence-corrected chi connectivity index (χ3v) is 4.08. The fraction of sp³-hybridized carbons (Fsp3) is 0.188. The van der Waals surface area contributed by atoms with Crippen LogP contribution in [0.1, 0.15) is 17.0 Å². The van der Waals surface area contributed by atoms with Crippen LogP contribution in [0.2, 0.25) is 0 Å². The molecule has 4 heteroatoms. The average molecular weight is 267 g/mol. The van der Waals surface area contributed by atoms with Crippen LogP contribution in [0.15, 0.2) is 60.7 Å². The molecule has 0 aromatic heterocycles. The van der Waals surface area contributed by atoms with Crippen molar-refractivity contribution < 1.29 is 9.72 Å². The Hall–Kier alpha value is -2.49. The van der Waals surface area contributed by atoms with Gasteiger partial charge in [0.2, 0.25) is 0 Å². The summed E-state index contributed by atoms with van der Waals surface area (Å²) in [6.07, 6.45) is 0.716. The van der Waals surface area contributed by atoms with Gasteiger partial charge in [0, 0.05) is 10.5 Å². The first kappa shape index (κ1) is 12.5. The molecule has 100 valence electrons. The molecule has 3 rings (SSSR count). The number of hydrogen-bond acceptors (Lipinski definition) is 3. The predicted octanol–water partition coefficient (Wildman–Crippen LogP) is 2.77. The molecule has 1 aliphatic carbocycles. The second kappa shape index (κ2) is 4.56. The van der Waals surface area contributed by atoms with Gasteiger partial charge in [0.15, 0.2) is 0 Å². The molecule has 0 aliphatic heterocycles. The molecule has 1 saturated carbocycles. The van der Waals surface area contributed by atoms with Crippen LogP contribution in [0.25, 0.3) is 0 Å². The Kier molecular flexibility index (Phi) is 2.86. The zero-order valence-corrected chi connectivity index (χ0v) is 10.7. The summed E-state index contributed by atoms with van der Waals surface area (Å²) in [5.74, 6) is -0.999. The van der Waals surface area contributed by atoms with E-state index < -0.39 is 17.4 Å². The third-order valence-electron chi connectivity index (χ3n) is 4.08. The van der Waals surface area contributed by atoms with E-state index in [9.17, 15) is 14.9 Å². The van der Waals surface area contributed by atoms with Gasteiger partial charge in [0.25, 0.3) is 5.54 Å². The van der Waals surface area contributed by atoms with Crippen LogP contribution < -0.4 is 0 Å². The van der Waals surface area contributed by atoms with Gasteiger partial charge in [-0.2, -0.15) is 0 Å². The molecular weight excluding hydrogens is 254 g/mol. The first-order valence-electron chi connectivity index (χ1n) is 6.43. The molecule has 0 bridgehead atoms. The van der Waals surface area contributed by atoms with Gasteiger partial charge in [0.1, 0.15) is 12.2 Å². The van der Waals surface area contributed by atoms with E-state index in [0.29, 0.717) is 11.8 Å². The maximum atomic E-state index is 11.7.